The van der Waals surface area contributed by atoms with Gasteiger partial charge in [0.05, 0.1) is 5.37 Å². The Morgan fingerprint density at radius 2 is 2.06 bits per heavy atom. The van der Waals surface area contributed by atoms with Crippen LogP contribution in [0.5, 0.6) is 0 Å². The molecule has 0 amide bonds. The average molecular weight is 240 g/mol. The van der Waals surface area contributed by atoms with E-state index in [1.54, 1.807) is 0 Å². The summed E-state index contributed by atoms with van der Waals surface area (Å²) in [5, 5.41) is 0.729. The van der Waals surface area contributed by atoms with Gasteiger partial charge in [0.25, 0.3) is 0 Å². The van der Waals surface area contributed by atoms with Gasteiger partial charge < -0.3 is 0 Å². The number of thioether (sulfide) groups is 1. The maximum Gasteiger partial charge on any atom is 0.0636 e. The fraction of sp³-hybridized carbons (Fsp3) is 0.846. The summed E-state index contributed by atoms with van der Waals surface area (Å²) in [4.78, 5) is 6.80. The van der Waals surface area contributed by atoms with Gasteiger partial charge in [-0.1, -0.05) is 6.08 Å². The number of nitrogens with zero attached hydrogens (tertiary/aromatic N) is 2. The fourth-order valence-electron chi connectivity index (χ4n) is 2.56. The SMILES string of the molecule is CC1=CCC(N2CCCN(C(C)C)CC2)S1. The topological polar surface area (TPSA) is 6.48 Å². The van der Waals surface area contributed by atoms with Crippen molar-refractivity contribution < 1.29 is 0 Å². The predicted molar refractivity (Wildman–Crippen MR) is 72.7 cm³/mol. The maximum absolute atomic E-state index is 2.68. The molecule has 92 valence electrons. The Kier molecular flexibility index (Phi) is 4.34. The van der Waals surface area contributed by atoms with Crippen molar-refractivity contribution in [1.82, 2.24) is 9.80 Å². The summed E-state index contributed by atoms with van der Waals surface area (Å²) in [6.45, 7) is 11.9. The molecule has 0 aromatic heterocycles. The van der Waals surface area contributed by atoms with Gasteiger partial charge in [-0.15, -0.1) is 11.8 Å². The molecule has 3 heteroatoms. The second-order valence-electron chi connectivity index (χ2n) is 5.14. The minimum Gasteiger partial charge on any atom is -0.300 e. The summed E-state index contributed by atoms with van der Waals surface area (Å²) in [5.74, 6) is 0. The van der Waals surface area contributed by atoms with Crippen molar-refractivity contribution in [3.8, 4) is 0 Å². The van der Waals surface area contributed by atoms with Gasteiger partial charge in [0.15, 0.2) is 0 Å². The molecule has 1 fully saturated rings. The largest absolute Gasteiger partial charge is 0.300 e. The van der Waals surface area contributed by atoms with Gasteiger partial charge in [-0.25, -0.2) is 0 Å². The van der Waals surface area contributed by atoms with Crippen LogP contribution in [0.2, 0.25) is 0 Å². The van der Waals surface area contributed by atoms with E-state index in [0.717, 1.165) is 5.37 Å². The van der Waals surface area contributed by atoms with E-state index >= 15 is 0 Å². The summed E-state index contributed by atoms with van der Waals surface area (Å²) < 4.78 is 0. The first-order valence-electron chi connectivity index (χ1n) is 6.48. The van der Waals surface area contributed by atoms with Gasteiger partial charge >= 0.3 is 0 Å². The first-order valence-corrected chi connectivity index (χ1v) is 7.36. The minimum absolute atomic E-state index is 0.705. The van der Waals surface area contributed by atoms with Crippen LogP contribution in [0.4, 0.5) is 0 Å². The molecule has 0 aromatic rings. The van der Waals surface area contributed by atoms with E-state index in [1.807, 2.05) is 0 Å². The van der Waals surface area contributed by atoms with E-state index in [9.17, 15) is 0 Å². The van der Waals surface area contributed by atoms with Gasteiger partial charge in [0.1, 0.15) is 0 Å². The zero-order valence-electron chi connectivity index (χ0n) is 10.8. The molecule has 16 heavy (non-hydrogen) atoms. The molecule has 0 bridgehead atoms. The number of hydrogen-bond acceptors (Lipinski definition) is 3. The Bertz CT molecular complexity index is 263. The molecular formula is C13H24N2S. The van der Waals surface area contributed by atoms with Crippen molar-refractivity contribution in [3.63, 3.8) is 0 Å². The van der Waals surface area contributed by atoms with Crippen LogP contribution >= 0.6 is 11.8 Å². The van der Waals surface area contributed by atoms with Crippen molar-refractivity contribution in [3.05, 3.63) is 11.0 Å². The summed E-state index contributed by atoms with van der Waals surface area (Å²) in [7, 11) is 0. The molecule has 0 saturated carbocycles. The van der Waals surface area contributed by atoms with Crippen LogP contribution < -0.4 is 0 Å². The van der Waals surface area contributed by atoms with Gasteiger partial charge in [-0.2, -0.15) is 0 Å². The summed E-state index contributed by atoms with van der Waals surface area (Å²) in [5.41, 5.74) is 0. The first kappa shape index (κ1) is 12.5. The Hall–Kier alpha value is 0.0100. The Balaban J connectivity index is 1.85. The predicted octanol–water partition coefficient (Wildman–Crippen LogP) is 2.77. The molecule has 1 unspecified atom stereocenters. The highest BCUT2D eigenvalue weighted by Gasteiger charge is 2.25. The molecule has 2 aliphatic rings. The normalized spacial score (nSPS) is 29.5. The third kappa shape index (κ3) is 3.02. The van der Waals surface area contributed by atoms with Crippen molar-refractivity contribution in [2.75, 3.05) is 26.2 Å². The maximum atomic E-state index is 2.68. The Morgan fingerprint density at radius 1 is 1.25 bits per heavy atom. The molecule has 0 radical (unpaired) electrons. The molecule has 0 spiro atoms. The van der Waals surface area contributed by atoms with E-state index in [2.05, 4.69) is 48.4 Å². The third-order valence-electron chi connectivity index (χ3n) is 3.63. The molecule has 2 rings (SSSR count). The smallest absolute Gasteiger partial charge is 0.0636 e. The summed E-state index contributed by atoms with van der Waals surface area (Å²) in [6, 6.07) is 0.705. The summed E-state index contributed by atoms with van der Waals surface area (Å²) >= 11 is 2.06. The van der Waals surface area contributed by atoms with E-state index in [1.165, 1.54) is 43.9 Å². The Morgan fingerprint density at radius 3 is 2.69 bits per heavy atom. The fourth-order valence-corrected chi connectivity index (χ4v) is 3.74. The zero-order valence-corrected chi connectivity index (χ0v) is 11.6. The van der Waals surface area contributed by atoms with E-state index in [-0.39, 0.29) is 0 Å². The quantitative estimate of drug-likeness (QED) is 0.733. The van der Waals surface area contributed by atoms with Crippen LogP contribution in [0.15, 0.2) is 11.0 Å². The summed E-state index contributed by atoms with van der Waals surface area (Å²) in [6.07, 6.45) is 4.97. The lowest BCUT2D eigenvalue weighted by molar-refractivity contribution is 0.216. The highest BCUT2D eigenvalue weighted by Crippen LogP contribution is 2.34. The molecule has 1 saturated heterocycles. The second-order valence-corrected chi connectivity index (χ2v) is 6.57. The van der Waals surface area contributed by atoms with Crippen molar-refractivity contribution in [2.45, 2.75) is 45.0 Å². The number of hydrogen-bond donors (Lipinski definition) is 0. The second kappa shape index (κ2) is 5.56. The van der Waals surface area contributed by atoms with Crippen LogP contribution in [0.25, 0.3) is 0 Å². The van der Waals surface area contributed by atoms with Crippen LogP contribution in [-0.2, 0) is 0 Å². The van der Waals surface area contributed by atoms with E-state index < -0.39 is 0 Å². The lowest BCUT2D eigenvalue weighted by Gasteiger charge is -2.28. The third-order valence-corrected chi connectivity index (χ3v) is 4.93. The van der Waals surface area contributed by atoms with Crippen LogP contribution in [0, 0.1) is 0 Å². The Labute approximate surface area is 104 Å². The van der Waals surface area contributed by atoms with Crippen LogP contribution in [-0.4, -0.2) is 47.4 Å². The molecule has 0 N–H and O–H groups in total. The molecule has 2 aliphatic heterocycles. The van der Waals surface area contributed by atoms with E-state index in [4.69, 9.17) is 0 Å². The van der Waals surface area contributed by atoms with Gasteiger partial charge in [-0.3, -0.25) is 9.80 Å². The number of rotatable bonds is 2. The van der Waals surface area contributed by atoms with Gasteiger partial charge in [0, 0.05) is 25.7 Å². The van der Waals surface area contributed by atoms with E-state index in [0.29, 0.717) is 6.04 Å². The molecule has 2 heterocycles. The minimum atomic E-state index is 0.705. The van der Waals surface area contributed by atoms with Crippen LogP contribution in [0.3, 0.4) is 0 Å². The molecule has 0 aliphatic carbocycles. The molecule has 2 nitrogen and oxygen atoms in total. The van der Waals surface area contributed by atoms with Crippen molar-refractivity contribution in [2.24, 2.45) is 0 Å². The monoisotopic (exact) mass is 240 g/mol. The number of allylic oxidation sites excluding steroid dienone is 1. The van der Waals surface area contributed by atoms with Crippen LogP contribution in [0.1, 0.15) is 33.6 Å². The van der Waals surface area contributed by atoms with Gasteiger partial charge in [0.2, 0.25) is 0 Å². The highest BCUT2D eigenvalue weighted by atomic mass is 32.2. The van der Waals surface area contributed by atoms with Gasteiger partial charge in [-0.05, 0) is 45.1 Å². The lowest BCUT2D eigenvalue weighted by atomic mass is 10.3. The zero-order chi connectivity index (χ0) is 11.5. The van der Waals surface area contributed by atoms with Crippen molar-refractivity contribution in [1.29, 1.82) is 0 Å². The lowest BCUT2D eigenvalue weighted by Crippen LogP contribution is -2.37. The molecule has 0 aromatic carbocycles. The average Bonchev–Trinajstić information content (AvgIpc) is 2.54. The molecular weight excluding hydrogens is 216 g/mol. The van der Waals surface area contributed by atoms with Crippen molar-refractivity contribution >= 4 is 11.8 Å². The highest BCUT2D eigenvalue weighted by molar-refractivity contribution is 8.03. The molecule has 1 atom stereocenters. The standard InChI is InChI=1S/C13H24N2S/c1-11(2)14-7-4-8-15(10-9-14)13-6-5-12(3)16-13/h5,11,13H,4,6-10H2,1-3H3. The first-order chi connectivity index (χ1) is 7.66.